The van der Waals surface area contributed by atoms with E-state index in [1.165, 1.54) is 17.4 Å². The van der Waals surface area contributed by atoms with Gasteiger partial charge in [-0.1, -0.05) is 0 Å². The van der Waals surface area contributed by atoms with Gasteiger partial charge >= 0.3 is 5.97 Å². The molecule has 0 fully saturated rings. The summed E-state index contributed by atoms with van der Waals surface area (Å²) < 4.78 is 18.0. The fourth-order valence-electron chi connectivity index (χ4n) is 2.87. The van der Waals surface area contributed by atoms with E-state index < -0.39 is 24.6 Å². The van der Waals surface area contributed by atoms with Crippen molar-refractivity contribution in [3.8, 4) is 0 Å². The molecule has 1 heterocycles. The van der Waals surface area contributed by atoms with E-state index in [0.717, 1.165) is 30.2 Å². The molecule has 1 aromatic heterocycles. The number of aliphatic carboxylic acids is 1. The Morgan fingerprint density at radius 2 is 2.05 bits per heavy atom. The molecule has 0 bridgehead atoms. The molecule has 2 N–H and O–H groups in total. The van der Waals surface area contributed by atoms with Crippen LogP contribution in [0.5, 0.6) is 0 Å². The van der Waals surface area contributed by atoms with Crippen LogP contribution in [-0.4, -0.2) is 29.7 Å². The number of rotatable bonds is 5. The number of hydrogen-bond donors (Lipinski definition) is 2. The minimum atomic E-state index is -1.50. The molecule has 0 aliphatic heterocycles. The van der Waals surface area contributed by atoms with Crippen LogP contribution in [-0.2, 0) is 28.9 Å². The largest absolute Gasteiger partial charge is 0.480 e. The number of fused-ring (bicyclic) bond motifs is 2. The standard InChI is InChI=1S/C16H16FNO4/c17-7-13(16(20)21)18-15(19)6-11-8-22-14-5-10-3-1-2-9(10)4-12(11)14/h4-5,8,13H,1-3,6-7H2,(H,18,19)(H,20,21). The van der Waals surface area contributed by atoms with Crippen molar-refractivity contribution in [1.82, 2.24) is 5.32 Å². The minimum Gasteiger partial charge on any atom is -0.480 e. The maximum Gasteiger partial charge on any atom is 0.328 e. The fraction of sp³-hybridized carbons (Fsp3) is 0.375. The van der Waals surface area contributed by atoms with Crippen LogP contribution in [0.4, 0.5) is 4.39 Å². The van der Waals surface area contributed by atoms with E-state index in [1.807, 2.05) is 12.1 Å². The highest BCUT2D eigenvalue weighted by molar-refractivity contribution is 5.90. The van der Waals surface area contributed by atoms with Crippen molar-refractivity contribution in [2.24, 2.45) is 0 Å². The average Bonchev–Trinajstić information content (AvgIpc) is 3.09. The summed E-state index contributed by atoms with van der Waals surface area (Å²) in [5.41, 5.74) is 3.96. The first kappa shape index (κ1) is 14.6. The number of amides is 1. The number of halogens is 1. The Balaban J connectivity index is 1.79. The van der Waals surface area contributed by atoms with Gasteiger partial charge in [0.15, 0.2) is 6.04 Å². The second-order valence-electron chi connectivity index (χ2n) is 5.52. The van der Waals surface area contributed by atoms with E-state index in [2.05, 4.69) is 5.32 Å². The van der Waals surface area contributed by atoms with Gasteiger partial charge in [-0.15, -0.1) is 0 Å². The van der Waals surface area contributed by atoms with E-state index in [4.69, 9.17) is 9.52 Å². The van der Waals surface area contributed by atoms with Crippen LogP contribution >= 0.6 is 0 Å². The van der Waals surface area contributed by atoms with Gasteiger partial charge in [0, 0.05) is 10.9 Å². The molecular weight excluding hydrogens is 289 g/mol. The molecule has 5 nitrogen and oxygen atoms in total. The molecular formula is C16H16FNO4. The first-order valence-electron chi connectivity index (χ1n) is 7.18. The third kappa shape index (κ3) is 2.68. The van der Waals surface area contributed by atoms with Crippen molar-refractivity contribution in [1.29, 1.82) is 0 Å². The normalized spacial score (nSPS) is 14.8. The van der Waals surface area contributed by atoms with E-state index >= 15 is 0 Å². The highest BCUT2D eigenvalue weighted by atomic mass is 19.1. The molecule has 1 unspecified atom stereocenters. The predicted octanol–water partition coefficient (Wildman–Crippen LogP) is 2.00. The number of benzene rings is 1. The van der Waals surface area contributed by atoms with Crippen LogP contribution in [0.15, 0.2) is 22.8 Å². The van der Waals surface area contributed by atoms with Gasteiger partial charge < -0.3 is 14.8 Å². The summed E-state index contributed by atoms with van der Waals surface area (Å²) >= 11 is 0. The minimum absolute atomic E-state index is 0.0322. The number of nitrogens with one attached hydrogen (secondary N) is 1. The van der Waals surface area contributed by atoms with Gasteiger partial charge in [-0.25, -0.2) is 9.18 Å². The highest BCUT2D eigenvalue weighted by Gasteiger charge is 2.21. The number of furan rings is 1. The second-order valence-corrected chi connectivity index (χ2v) is 5.52. The van der Waals surface area contributed by atoms with Gasteiger partial charge in [0.25, 0.3) is 0 Å². The molecule has 0 radical (unpaired) electrons. The zero-order chi connectivity index (χ0) is 15.7. The third-order valence-electron chi connectivity index (χ3n) is 4.01. The number of carbonyl (C=O) groups excluding carboxylic acids is 1. The maximum atomic E-state index is 12.5. The summed E-state index contributed by atoms with van der Waals surface area (Å²) in [6.45, 7) is -1.14. The molecule has 116 valence electrons. The number of aryl methyl sites for hydroxylation is 2. The van der Waals surface area contributed by atoms with Gasteiger partial charge in [0.1, 0.15) is 12.3 Å². The average molecular weight is 305 g/mol. The van der Waals surface area contributed by atoms with Crippen LogP contribution < -0.4 is 5.32 Å². The van der Waals surface area contributed by atoms with Crippen molar-refractivity contribution >= 4 is 22.8 Å². The lowest BCUT2D eigenvalue weighted by Crippen LogP contribution is -2.42. The van der Waals surface area contributed by atoms with Gasteiger partial charge in [0.05, 0.1) is 12.7 Å². The third-order valence-corrected chi connectivity index (χ3v) is 4.01. The number of alkyl halides is 1. The molecule has 1 aliphatic carbocycles. The summed E-state index contributed by atoms with van der Waals surface area (Å²) in [6, 6.07) is 2.53. The Bertz CT molecular complexity index is 737. The first-order chi connectivity index (χ1) is 10.6. The molecule has 6 heteroatoms. The lowest BCUT2D eigenvalue weighted by Gasteiger charge is -2.10. The summed E-state index contributed by atoms with van der Waals surface area (Å²) in [5.74, 6) is -1.92. The molecule has 0 saturated carbocycles. The summed E-state index contributed by atoms with van der Waals surface area (Å²) in [6.07, 6.45) is 4.65. The molecule has 0 saturated heterocycles. The summed E-state index contributed by atoms with van der Waals surface area (Å²) in [5, 5.41) is 11.8. The topological polar surface area (TPSA) is 79.5 Å². The van der Waals surface area contributed by atoms with Gasteiger partial charge in [-0.2, -0.15) is 0 Å². The molecule has 0 spiro atoms. The molecule has 2 aromatic rings. The first-order valence-corrected chi connectivity index (χ1v) is 7.18. The van der Waals surface area contributed by atoms with Crippen LogP contribution in [0.2, 0.25) is 0 Å². The Morgan fingerprint density at radius 3 is 2.73 bits per heavy atom. The predicted molar refractivity (Wildman–Crippen MR) is 77.5 cm³/mol. The van der Waals surface area contributed by atoms with E-state index in [9.17, 15) is 14.0 Å². The zero-order valence-corrected chi connectivity index (χ0v) is 11.9. The second kappa shape index (κ2) is 5.79. The fourth-order valence-corrected chi connectivity index (χ4v) is 2.87. The van der Waals surface area contributed by atoms with Crippen molar-refractivity contribution in [3.63, 3.8) is 0 Å². The monoisotopic (exact) mass is 305 g/mol. The number of hydrogen-bond acceptors (Lipinski definition) is 3. The summed E-state index contributed by atoms with van der Waals surface area (Å²) in [4.78, 5) is 22.6. The molecule has 3 rings (SSSR count). The van der Waals surface area contributed by atoms with Crippen molar-refractivity contribution in [2.45, 2.75) is 31.7 Å². The quantitative estimate of drug-likeness (QED) is 0.885. The van der Waals surface area contributed by atoms with Crippen LogP contribution in [0.25, 0.3) is 11.0 Å². The van der Waals surface area contributed by atoms with Gasteiger partial charge in [-0.3, -0.25) is 4.79 Å². The van der Waals surface area contributed by atoms with Gasteiger partial charge in [0.2, 0.25) is 5.91 Å². The lowest BCUT2D eigenvalue weighted by atomic mass is 10.0. The Morgan fingerprint density at radius 1 is 1.32 bits per heavy atom. The zero-order valence-electron chi connectivity index (χ0n) is 11.9. The molecule has 22 heavy (non-hydrogen) atoms. The SMILES string of the molecule is O=C(Cc1coc2cc3c(cc12)CCC3)NC(CF)C(=O)O. The molecule has 1 atom stereocenters. The Kier molecular flexibility index (Phi) is 3.83. The number of carbonyl (C=O) groups is 2. The van der Waals surface area contributed by atoms with E-state index in [-0.39, 0.29) is 6.42 Å². The van der Waals surface area contributed by atoms with Crippen molar-refractivity contribution < 1.29 is 23.5 Å². The number of carboxylic acids is 1. The molecule has 1 amide bonds. The maximum absolute atomic E-state index is 12.5. The summed E-state index contributed by atoms with van der Waals surface area (Å²) in [7, 11) is 0. The van der Waals surface area contributed by atoms with Crippen LogP contribution in [0.3, 0.4) is 0 Å². The lowest BCUT2D eigenvalue weighted by molar-refractivity contribution is -0.142. The smallest absolute Gasteiger partial charge is 0.328 e. The van der Waals surface area contributed by atoms with Crippen LogP contribution in [0, 0.1) is 0 Å². The van der Waals surface area contributed by atoms with E-state index in [0.29, 0.717) is 5.56 Å². The van der Waals surface area contributed by atoms with Crippen LogP contribution in [0.1, 0.15) is 23.1 Å². The van der Waals surface area contributed by atoms with Crippen molar-refractivity contribution in [2.75, 3.05) is 6.67 Å². The Labute approximate surface area is 126 Å². The highest BCUT2D eigenvalue weighted by Crippen LogP contribution is 2.30. The number of carboxylic acid groups (broad SMARTS) is 1. The van der Waals surface area contributed by atoms with E-state index in [1.54, 1.807) is 0 Å². The molecule has 1 aliphatic rings. The van der Waals surface area contributed by atoms with Gasteiger partial charge in [-0.05, 0) is 42.5 Å². The Hall–Kier alpha value is -2.37. The molecule has 1 aromatic carbocycles. The van der Waals surface area contributed by atoms with Crippen molar-refractivity contribution in [3.05, 3.63) is 35.1 Å².